The molecule has 0 aliphatic heterocycles. The Kier molecular flexibility index (Phi) is 3.14. The fourth-order valence-electron chi connectivity index (χ4n) is 2.01. The summed E-state index contributed by atoms with van der Waals surface area (Å²) in [6, 6.07) is 5.12. The lowest BCUT2D eigenvalue weighted by atomic mass is 10.2. The zero-order valence-electron chi connectivity index (χ0n) is 10.1. The number of hydrogen-bond donors (Lipinski definition) is 2. The molecule has 2 rings (SSSR count). The predicted molar refractivity (Wildman–Crippen MR) is 68.1 cm³/mol. The number of aryl methyl sites for hydroxylation is 1. The third kappa shape index (κ3) is 2.61. The Bertz CT molecular complexity index is 505. The van der Waals surface area contributed by atoms with Gasteiger partial charge in [-0.2, -0.15) is 0 Å². The van der Waals surface area contributed by atoms with Crippen LogP contribution in [0.5, 0.6) is 0 Å². The van der Waals surface area contributed by atoms with Gasteiger partial charge in [0.15, 0.2) is 0 Å². The Hall–Kier alpha value is -1.07. The first-order chi connectivity index (χ1) is 7.92. The van der Waals surface area contributed by atoms with Gasteiger partial charge in [-0.25, -0.2) is 13.1 Å². The van der Waals surface area contributed by atoms with Crippen LogP contribution in [-0.4, -0.2) is 15.0 Å². The van der Waals surface area contributed by atoms with Crippen LogP contribution >= 0.6 is 0 Å². The Morgan fingerprint density at radius 3 is 2.65 bits per heavy atom. The maximum atomic E-state index is 12.1. The predicted octanol–water partition coefficient (Wildman–Crippen LogP) is 1.51. The van der Waals surface area contributed by atoms with Gasteiger partial charge in [-0.1, -0.05) is 19.1 Å². The van der Waals surface area contributed by atoms with Gasteiger partial charge >= 0.3 is 0 Å². The Balaban J connectivity index is 2.19. The van der Waals surface area contributed by atoms with Gasteiger partial charge in [0.05, 0.1) is 5.69 Å². The Labute approximate surface area is 102 Å². The van der Waals surface area contributed by atoms with Crippen LogP contribution in [0.15, 0.2) is 23.1 Å². The summed E-state index contributed by atoms with van der Waals surface area (Å²) in [5.41, 5.74) is 6.73. The van der Waals surface area contributed by atoms with Crippen molar-refractivity contribution in [2.24, 2.45) is 11.8 Å². The highest BCUT2D eigenvalue weighted by Gasteiger charge is 2.33. The van der Waals surface area contributed by atoms with Gasteiger partial charge in [-0.3, -0.25) is 0 Å². The second-order valence-electron chi connectivity index (χ2n) is 4.82. The average molecular weight is 254 g/mol. The van der Waals surface area contributed by atoms with Crippen LogP contribution in [0.1, 0.15) is 18.9 Å². The molecule has 0 amide bonds. The first kappa shape index (κ1) is 12.4. The van der Waals surface area contributed by atoms with Crippen molar-refractivity contribution in [1.29, 1.82) is 0 Å². The first-order valence-electron chi connectivity index (χ1n) is 5.76. The van der Waals surface area contributed by atoms with Crippen molar-refractivity contribution in [2.45, 2.75) is 25.2 Å². The van der Waals surface area contributed by atoms with Crippen LogP contribution in [-0.2, 0) is 10.0 Å². The summed E-state index contributed by atoms with van der Waals surface area (Å²) < 4.78 is 26.9. The Morgan fingerprint density at radius 1 is 1.47 bits per heavy atom. The standard InChI is InChI=1S/C12H18N2O2S/c1-8-4-3-5-11(13)12(8)17(15,16)14-7-10-6-9(10)2/h3-5,9-10,14H,6-7,13H2,1-2H3. The number of nitrogen functional groups attached to an aromatic ring is 1. The molecule has 1 saturated carbocycles. The molecule has 94 valence electrons. The highest BCUT2D eigenvalue weighted by atomic mass is 32.2. The van der Waals surface area contributed by atoms with Gasteiger partial charge in [0, 0.05) is 6.54 Å². The fraction of sp³-hybridized carbons (Fsp3) is 0.500. The molecule has 0 spiro atoms. The second-order valence-corrected chi connectivity index (χ2v) is 6.52. The van der Waals surface area contributed by atoms with E-state index in [4.69, 9.17) is 5.73 Å². The number of rotatable bonds is 4. The minimum Gasteiger partial charge on any atom is -0.398 e. The molecule has 17 heavy (non-hydrogen) atoms. The SMILES string of the molecule is Cc1cccc(N)c1S(=O)(=O)NCC1CC1C. The molecule has 5 heteroatoms. The minimum atomic E-state index is -3.48. The summed E-state index contributed by atoms with van der Waals surface area (Å²) in [4.78, 5) is 0.216. The molecule has 4 nitrogen and oxygen atoms in total. The zero-order valence-corrected chi connectivity index (χ0v) is 10.9. The van der Waals surface area contributed by atoms with Crippen LogP contribution in [0.4, 0.5) is 5.69 Å². The number of hydrogen-bond acceptors (Lipinski definition) is 3. The lowest BCUT2D eigenvalue weighted by molar-refractivity contribution is 0.574. The third-order valence-corrected chi connectivity index (χ3v) is 4.96. The molecule has 0 radical (unpaired) electrons. The largest absolute Gasteiger partial charge is 0.398 e. The summed E-state index contributed by atoms with van der Waals surface area (Å²) in [6.45, 7) is 4.39. The molecule has 0 bridgehead atoms. The van der Waals surface area contributed by atoms with E-state index in [0.29, 0.717) is 29.6 Å². The summed E-state index contributed by atoms with van der Waals surface area (Å²) in [7, 11) is -3.48. The van der Waals surface area contributed by atoms with E-state index < -0.39 is 10.0 Å². The first-order valence-corrected chi connectivity index (χ1v) is 7.25. The average Bonchev–Trinajstić information content (AvgIpc) is 2.91. The smallest absolute Gasteiger partial charge is 0.242 e. The number of nitrogens with two attached hydrogens (primary N) is 1. The van der Waals surface area contributed by atoms with E-state index in [1.54, 1.807) is 25.1 Å². The van der Waals surface area contributed by atoms with Gasteiger partial charge in [-0.15, -0.1) is 0 Å². The number of anilines is 1. The quantitative estimate of drug-likeness (QED) is 0.800. The summed E-state index contributed by atoms with van der Waals surface area (Å²) in [5, 5.41) is 0. The molecule has 0 saturated heterocycles. The van der Waals surface area contributed by atoms with Gasteiger partial charge in [-0.05, 0) is 36.8 Å². The minimum absolute atomic E-state index is 0.216. The van der Waals surface area contributed by atoms with Crippen molar-refractivity contribution in [1.82, 2.24) is 4.72 Å². The Morgan fingerprint density at radius 2 is 2.12 bits per heavy atom. The van der Waals surface area contributed by atoms with E-state index in [1.165, 1.54) is 0 Å². The maximum absolute atomic E-state index is 12.1. The van der Waals surface area contributed by atoms with E-state index in [1.807, 2.05) is 0 Å². The van der Waals surface area contributed by atoms with Gasteiger partial charge in [0.2, 0.25) is 10.0 Å². The summed E-state index contributed by atoms with van der Waals surface area (Å²) in [5.74, 6) is 1.11. The lowest BCUT2D eigenvalue weighted by Crippen LogP contribution is -2.27. The van der Waals surface area contributed by atoms with Crippen molar-refractivity contribution >= 4 is 15.7 Å². The van der Waals surface area contributed by atoms with Gasteiger partial charge in [0.1, 0.15) is 4.90 Å². The zero-order chi connectivity index (χ0) is 12.6. The van der Waals surface area contributed by atoms with Crippen molar-refractivity contribution in [3.8, 4) is 0 Å². The van der Waals surface area contributed by atoms with Crippen LogP contribution in [0.2, 0.25) is 0 Å². The number of sulfonamides is 1. The fourth-order valence-corrected chi connectivity index (χ4v) is 3.46. The van der Waals surface area contributed by atoms with E-state index in [0.717, 1.165) is 6.42 Å². The molecule has 1 fully saturated rings. The molecule has 0 heterocycles. The van der Waals surface area contributed by atoms with Crippen LogP contribution in [0.25, 0.3) is 0 Å². The van der Waals surface area contributed by atoms with E-state index in [9.17, 15) is 8.42 Å². The molecule has 1 aliphatic carbocycles. The summed E-state index contributed by atoms with van der Waals surface area (Å²) in [6.07, 6.45) is 1.10. The maximum Gasteiger partial charge on any atom is 0.242 e. The second kappa shape index (κ2) is 4.31. The highest BCUT2D eigenvalue weighted by molar-refractivity contribution is 7.89. The molecule has 3 N–H and O–H groups in total. The normalized spacial score (nSPS) is 23.6. The number of nitrogens with one attached hydrogen (secondary N) is 1. The van der Waals surface area contributed by atoms with E-state index >= 15 is 0 Å². The highest BCUT2D eigenvalue weighted by Crippen LogP contribution is 2.37. The van der Waals surface area contributed by atoms with Gasteiger partial charge < -0.3 is 5.73 Å². The molecular weight excluding hydrogens is 236 g/mol. The van der Waals surface area contributed by atoms with Crippen molar-refractivity contribution in [3.05, 3.63) is 23.8 Å². The molecule has 1 aromatic carbocycles. The molecule has 1 aromatic rings. The molecule has 0 aromatic heterocycles. The molecule has 2 atom stereocenters. The molecule has 2 unspecified atom stereocenters. The van der Waals surface area contributed by atoms with Crippen molar-refractivity contribution < 1.29 is 8.42 Å². The topological polar surface area (TPSA) is 72.2 Å². The number of benzene rings is 1. The lowest BCUT2D eigenvalue weighted by Gasteiger charge is -2.11. The monoisotopic (exact) mass is 254 g/mol. The van der Waals surface area contributed by atoms with Crippen molar-refractivity contribution in [2.75, 3.05) is 12.3 Å². The van der Waals surface area contributed by atoms with Crippen LogP contribution in [0, 0.1) is 18.8 Å². The third-order valence-electron chi connectivity index (χ3n) is 3.32. The summed E-state index contributed by atoms with van der Waals surface area (Å²) >= 11 is 0. The van der Waals surface area contributed by atoms with Crippen LogP contribution in [0.3, 0.4) is 0 Å². The van der Waals surface area contributed by atoms with Gasteiger partial charge in [0.25, 0.3) is 0 Å². The van der Waals surface area contributed by atoms with Crippen molar-refractivity contribution in [3.63, 3.8) is 0 Å². The molecule has 1 aliphatic rings. The van der Waals surface area contributed by atoms with E-state index in [-0.39, 0.29) is 4.90 Å². The van der Waals surface area contributed by atoms with E-state index in [2.05, 4.69) is 11.6 Å². The van der Waals surface area contributed by atoms with Crippen LogP contribution < -0.4 is 10.5 Å². The molecular formula is C12H18N2O2S.